The number of carbonyl (C=O) groups is 1. The van der Waals surface area contributed by atoms with Crippen LogP contribution in [-0.2, 0) is 11.2 Å². The van der Waals surface area contributed by atoms with Gasteiger partial charge in [0.1, 0.15) is 5.78 Å². The molecule has 1 aliphatic rings. The summed E-state index contributed by atoms with van der Waals surface area (Å²) in [6.07, 6.45) is 3.43. The Morgan fingerprint density at radius 2 is 2.06 bits per heavy atom. The lowest BCUT2D eigenvalue weighted by molar-refractivity contribution is -0.122. The average Bonchev–Trinajstić information content (AvgIpc) is 2.70. The van der Waals surface area contributed by atoms with Gasteiger partial charge in [-0.25, -0.2) is 0 Å². The van der Waals surface area contributed by atoms with Crippen LogP contribution in [0.1, 0.15) is 36.0 Å². The molecule has 1 aromatic rings. The number of Topliss-reactive ketones (excluding diaryl/α,β-unsaturated/α-hetero) is 1. The summed E-state index contributed by atoms with van der Waals surface area (Å²) in [5.74, 6) is 0.563. The van der Waals surface area contributed by atoms with Gasteiger partial charge in [-0.05, 0) is 49.8 Å². The topological polar surface area (TPSA) is 43.1 Å². The molecule has 2 nitrogen and oxygen atoms in total. The molecule has 2 rings (SSSR count). The summed E-state index contributed by atoms with van der Waals surface area (Å²) in [5, 5.41) is 0. The van der Waals surface area contributed by atoms with Crippen molar-refractivity contribution in [3.8, 4) is 0 Å². The monoisotopic (exact) mass is 231 g/mol. The van der Waals surface area contributed by atoms with Crippen molar-refractivity contribution < 1.29 is 4.79 Å². The number of ketones is 1. The zero-order valence-electron chi connectivity index (χ0n) is 10.7. The second-order valence-corrected chi connectivity index (χ2v) is 5.33. The van der Waals surface area contributed by atoms with Crippen molar-refractivity contribution in [3.63, 3.8) is 0 Å². The van der Waals surface area contributed by atoms with Crippen LogP contribution >= 0.6 is 0 Å². The van der Waals surface area contributed by atoms with Crippen molar-refractivity contribution >= 4 is 5.78 Å². The van der Waals surface area contributed by atoms with Crippen LogP contribution < -0.4 is 5.73 Å². The number of aryl methyl sites for hydroxylation is 2. The molecule has 2 N–H and O–H groups in total. The van der Waals surface area contributed by atoms with Crippen LogP contribution in [0.25, 0.3) is 0 Å². The van der Waals surface area contributed by atoms with Gasteiger partial charge in [-0.1, -0.05) is 18.2 Å². The number of hydrogen-bond donors (Lipinski definition) is 1. The summed E-state index contributed by atoms with van der Waals surface area (Å²) in [4.78, 5) is 12.1. The molecule has 17 heavy (non-hydrogen) atoms. The van der Waals surface area contributed by atoms with E-state index in [4.69, 9.17) is 5.73 Å². The Morgan fingerprint density at radius 3 is 2.65 bits per heavy atom. The van der Waals surface area contributed by atoms with Gasteiger partial charge in [0.05, 0.1) is 0 Å². The molecule has 0 heterocycles. The third-order valence-corrected chi connectivity index (χ3v) is 3.88. The van der Waals surface area contributed by atoms with Gasteiger partial charge in [0.25, 0.3) is 0 Å². The van der Waals surface area contributed by atoms with E-state index < -0.39 is 0 Å². The van der Waals surface area contributed by atoms with Crippen molar-refractivity contribution in [3.05, 3.63) is 34.9 Å². The first kappa shape index (κ1) is 12.3. The predicted molar refractivity (Wildman–Crippen MR) is 69.9 cm³/mol. The normalized spacial score (nSPS) is 23.9. The maximum absolute atomic E-state index is 12.1. The van der Waals surface area contributed by atoms with E-state index in [1.54, 1.807) is 0 Å². The molecule has 0 aromatic heterocycles. The molecule has 0 saturated heterocycles. The van der Waals surface area contributed by atoms with Crippen molar-refractivity contribution in [2.45, 2.75) is 45.6 Å². The Morgan fingerprint density at radius 1 is 1.29 bits per heavy atom. The van der Waals surface area contributed by atoms with Gasteiger partial charge in [0.15, 0.2) is 0 Å². The molecule has 0 aliphatic heterocycles. The SMILES string of the molecule is Cc1ccc(CC(=O)C2CCC(N)C2)cc1C. The molecule has 0 amide bonds. The number of nitrogens with two attached hydrogens (primary N) is 1. The maximum atomic E-state index is 12.1. The summed E-state index contributed by atoms with van der Waals surface area (Å²) in [7, 11) is 0. The van der Waals surface area contributed by atoms with Crippen LogP contribution in [0.15, 0.2) is 18.2 Å². The lowest BCUT2D eigenvalue weighted by Crippen LogP contribution is -2.19. The number of benzene rings is 1. The first-order valence-electron chi connectivity index (χ1n) is 6.40. The van der Waals surface area contributed by atoms with E-state index in [2.05, 4.69) is 32.0 Å². The molecule has 0 radical (unpaired) electrons. The Labute approximate surface area is 103 Å². The smallest absolute Gasteiger partial charge is 0.140 e. The Hall–Kier alpha value is -1.15. The Bertz CT molecular complexity index is 425. The standard InChI is InChI=1S/C15H21NO/c1-10-3-4-12(7-11(10)2)8-15(17)13-5-6-14(16)9-13/h3-4,7,13-14H,5-6,8-9,16H2,1-2H3. The van der Waals surface area contributed by atoms with E-state index >= 15 is 0 Å². The van der Waals surface area contributed by atoms with E-state index in [1.807, 2.05) is 0 Å². The molecule has 1 saturated carbocycles. The molecule has 92 valence electrons. The summed E-state index contributed by atoms with van der Waals surface area (Å²) in [6, 6.07) is 6.53. The van der Waals surface area contributed by atoms with Gasteiger partial charge in [-0.2, -0.15) is 0 Å². The van der Waals surface area contributed by atoms with Crippen LogP contribution in [0.3, 0.4) is 0 Å². The summed E-state index contributed by atoms with van der Waals surface area (Å²) < 4.78 is 0. The fourth-order valence-corrected chi connectivity index (χ4v) is 2.57. The minimum atomic E-state index is 0.201. The average molecular weight is 231 g/mol. The summed E-state index contributed by atoms with van der Waals surface area (Å²) in [6.45, 7) is 4.19. The van der Waals surface area contributed by atoms with Crippen molar-refractivity contribution in [1.29, 1.82) is 0 Å². The predicted octanol–water partition coefficient (Wildman–Crippen LogP) is 2.54. The fraction of sp³-hybridized carbons (Fsp3) is 0.533. The van der Waals surface area contributed by atoms with Gasteiger partial charge in [-0.15, -0.1) is 0 Å². The molecule has 2 heteroatoms. The highest BCUT2D eigenvalue weighted by Crippen LogP contribution is 2.26. The Kier molecular flexibility index (Phi) is 3.63. The molecule has 0 spiro atoms. The van der Waals surface area contributed by atoms with E-state index in [9.17, 15) is 4.79 Å². The van der Waals surface area contributed by atoms with Crippen molar-refractivity contribution in [2.75, 3.05) is 0 Å². The maximum Gasteiger partial charge on any atom is 0.140 e. The van der Waals surface area contributed by atoms with Crippen LogP contribution in [0, 0.1) is 19.8 Å². The molecule has 1 aromatic carbocycles. The quantitative estimate of drug-likeness (QED) is 0.868. The molecular formula is C15H21NO. The highest BCUT2D eigenvalue weighted by molar-refractivity contribution is 5.83. The van der Waals surface area contributed by atoms with Crippen LogP contribution in [0.5, 0.6) is 0 Å². The summed E-state index contributed by atoms with van der Waals surface area (Å²) in [5.41, 5.74) is 9.53. The van der Waals surface area contributed by atoms with E-state index in [0.29, 0.717) is 12.2 Å². The van der Waals surface area contributed by atoms with E-state index in [1.165, 1.54) is 11.1 Å². The van der Waals surface area contributed by atoms with Gasteiger partial charge in [0.2, 0.25) is 0 Å². The molecular weight excluding hydrogens is 210 g/mol. The zero-order chi connectivity index (χ0) is 12.4. The van der Waals surface area contributed by atoms with Crippen molar-refractivity contribution in [2.24, 2.45) is 11.7 Å². The largest absolute Gasteiger partial charge is 0.328 e. The lowest BCUT2D eigenvalue weighted by Gasteiger charge is -2.09. The summed E-state index contributed by atoms with van der Waals surface area (Å²) >= 11 is 0. The molecule has 2 atom stereocenters. The second kappa shape index (κ2) is 5.01. The van der Waals surface area contributed by atoms with Gasteiger partial charge in [-0.3, -0.25) is 4.79 Å². The van der Waals surface area contributed by atoms with Crippen LogP contribution in [0.2, 0.25) is 0 Å². The highest BCUT2D eigenvalue weighted by atomic mass is 16.1. The molecule has 1 aliphatic carbocycles. The molecule has 0 bridgehead atoms. The van der Waals surface area contributed by atoms with E-state index in [0.717, 1.165) is 24.8 Å². The first-order chi connectivity index (χ1) is 8.06. The zero-order valence-corrected chi connectivity index (χ0v) is 10.7. The minimum Gasteiger partial charge on any atom is -0.328 e. The van der Waals surface area contributed by atoms with Gasteiger partial charge < -0.3 is 5.73 Å². The molecule has 2 unspecified atom stereocenters. The molecule has 1 fully saturated rings. The van der Waals surface area contributed by atoms with Crippen molar-refractivity contribution in [1.82, 2.24) is 0 Å². The third kappa shape index (κ3) is 2.95. The first-order valence-corrected chi connectivity index (χ1v) is 6.40. The van der Waals surface area contributed by atoms with Gasteiger partial charge in [0, 0.05) is 18.4 Å². The highest BCUT2D eigenvalue weighted by Gasteiger charge is 2.27. The second-order valence-electron chi connectivity index (χ2n) is 5.33. The lowest BCUT2D eigenvalue weighted by atomic mass is 9.95. The van der Waals surface area contributed by atoms with Gasteiger partial charge >= 0.3 is 0 Å². The Balaban J connectivity index is 2.00. The van der Waals surface area contributed by atoms with Crippen LogP contribution in [0.4, 0.5) is 0 Å². The third-order valence-electron chi connectivity index (χ3n) is 3.88. The number of carbonyl (C=O) groups excluding carboxylic acids is 1. The fourth-order valence-electron chi connectivity index (χ4n) is 2.57. The number of rotatable bonds is 3. The van der Waals surface area contributed by atoms with E-state index in [-0.39, 0.29) is 12.0 Å². The van der Waals surface area contributed by atoms with Crippen LogP contribution in [-0.4, -0.2) is 11.8 Å². The number of hydrogen-bond acceptors (Lipinski definition) is 2. The minimum absolute atomic E-state index is 0.201.